The predicted molar refractivity (Wildman–Crippen MR) is 114 cm³/mol. The molecular formula is C20H19FN4O3S2. The summed E-state index contributed by atoms with van der Waals surface area (Å²) in [6, 6.07) is 11.8. The zero-order valence-electron chi connectivity index (χ0n) is 15.9. The molecule has 0 bridgehead atoms. The predicted octanol–water partition coefficient (Wildman–Crippen LogP) is 3.64. The fourth-order valence-electron chi connectivity index (χ4n) is 2.74. The molecule has 0 unspecified atom stereocenters. The number of aromatic nitrogens is 2. The van der Waals surface area contributed by atoms with E-state index >= 15 is 0 Å². The number of rotatable bonds is 8. The average Bonchev–Trinajstić information content (AvgIpc) is 3.21. The Hall–Kier alpha value is -2.85. The van der Waals surface area contributed by atoms with E-state index < -0.39 is 0 Å². The van der Waals surface area contributed by atoms with Crippen molar-refractivity contribution in [1.29, 1.82) is 0 Å². The molecule has 30 heavy (non-hydrogen) atoms. The molecule has 2 aromatic carbocycles. The van der Waals surface area contributed by atoms with Crippen LogP contribution in [0.2, 0.25) is 0 Å². The lowest BCUT2D eigenvalue weighted by Crippen LogP contribution is -2.27. The SMILES string of the molecule is O=C(CSc1nnc(Nc2ccc(F)cc2)s1)NCCc1ccc2c(c1)OCCO2. The molecule has 7 nitrogen and oxygen atoms in total. The summed E-state index contributed by atoms with van der Waals surface area (Å²) in [5.41, 5.74) is 1.80. The standard InChI is InChI=1S/C20H19FN4O3S2/c21-14-2-4-15(5-3-14)23-19-24-25-20(30-19)29-12-18(26)22-8-7-13-1-6-16-17(11-13)28-10-9-27-16/h1-6,11H,7-10,12H2,(H,22,26)(H,23,24). The Morgan fingerprint density at radius 2 is 1.90 bits per heavy atom. The lowest BCUT2D eigenvalue weighted by Gasteiger charge is -2.18. The van der Waals surface area contributed by atoms with Crippen LogP contribution in [0.15, 0.2) is 46.8 Å². The van der Waals surface area contributed by atoms with Crippen LogP contribution in [0.4, 0.5) is 15.2 Å². The van der Waals surface area contributed by atoms with Crippen molar-refractivity contribution in [2.24, 2.45) is 0 Å². The lowest BCUT2D eigenvalue weighted by molar-refractivity contribution is -0.118. The van der Waals surface area contributed by atoms with Crippen molar-refractivity contribution in [2.75, 3.05) is 30.8 Å². The van der Waals surface area contributed by atoms with E-state index in [0.29, 0.717) is 35.7 Å². The van der Waals surface area contributed by atoms with Gasteiger partial charge in [-0.3, -0.25) is 4.79 Å². The van der Waals surface area contributed by atoms with Gasteiger partial charge in [0.1, 0.15) is 19.0 Å². The number of hydrogen-bond donors (Lipinski definition) is 2. The van der Waals surface area contributed by atoms with Crippen molar-refractivity contribution >= 4 is 39.8 Å². The normalized spacial score (nSPS) is 12.4. The van der Waals surface area contributed by atoms with Gasteiger partial charge in [-0.15, -0.1) is 10.2 Å². The number of hydrogen-bond acceptors (Lipinski definition) is 8. The molecule has 0 atom stereocenters. The summed E-state index contributed by atoms with van der Waals surface area (Å²) in [5.74, 6) is 1.40. The van der Waals surface area contributed by atoms with Gasteiger partial charge in [0.15, 0.2) is 15.8 Å². The highest BCUT2D eigenvalue weighted by Crippen LogP contribution is 2.31. The fraction of sp³-hybridized carbons (Fsp3) is 0.250. The summed E-state index contributed by atoms with van der Waals surface area (Å²) >= 11 is 2.66. The quantitative estimate of drug-likeness (QED) is 0.511. The number of ether oxygens (including phenoxy) is 2. The number of amides is 1. The number of benzene rings is 2. The molecule has 1 aliphatic heterocycles. The smallest absolute Gasteiger partial charge is 0.230 e. The van der Waals surface area contributed by atoms with Crippen LogP contribution in [0.25, 0.3) is 0 Å². The molecule has 0 saturated heterocycles. The van der Waals surface area contributed by atoms with E-state index in [1.54, 1.807) is 12.1 Å². The van der Waals surface area contributed by atoms with Crippen LogP contribution in [-0.4, -0.2) is 41.6 Å². The van der Waals surface area contributed by atoms with E-state index in [1.165, 1.54) is 35.2 Å². The molecule has 156 valence electrons. The number of nitrogens with zero attached hydrogens (tertiary/aromatic N) is 2. The third-order valence-corrected chi connectivity index (χ3v) is 6.14. The average molecular weight is 447 g/mol. The number of halogens is 1. The number of fused-ring (bicyclic) bond motifs is 1. The van der Waals surface area contributed by atoms with Gasteiger partial charge >= 0.3 is 0 Å². The first-order valence-corrected chi connectivity index (χ1v) is 11.1. The fourth-order valence-corrected chi connectivity index (χ4v) is 4.35. The van der Waals surface area contributed by atoms with Crippen molar-refractivity contribution in [3.05, 3.63) is 53.8 Å². The zero-order chi connectivity index (χ0) is 20.8. The van der Waals surface area contributed by atoms with E-state index in [4.69, 9.17) is 9.47 Å². The number of thioether (sulfide) groups is 1. The summed E-state index contributed by atoms with van der Waals surface area (Å²) in [4.78, 5) is 12.1. The van der Waals surface area contributed by atoms with Crippen LogP contribution in [0.1, 0.15) is 5.56 Å². The molecular weight excluding hydrogens is 427 g/mol. The molecule has 4 rings (SSSR count). The Kier molecular flexibility index (Phi) is 6.65. The summed E-state index contributed by atoms with van der Waals surface area (Å²) in [7, 11) is 0. The minimum absolute atomic E-state index is 0.0687. The van der Waals surface area contributed by atoms with Gasteiger partial charge in [0.25, 0.3) is 0 Å². The second-order valence-electron chi connectivity index (χ2n) is 6.37. The first-order chi connectivity index (χ1) is 14.7. The molecule has 1 amide bonds. The number of carbonyl (C=O) groups is 1. The maximum absolute atomic E-state index is 13.0. The Balaban J connectivity index is 1.19. The van der Waals surface area contributed by atoms with E-state index in [1.807, 2.05) is 18.2 Å². The molecule has 10 heteroatoms. The Bertz CT molecular complexity index is 1010. The van der Waals surface area contributed by atoms with Crippen molar-refractivity contribution in [3.8, 4) is 11.5 Å². The van der Waals surface area contributed by atoms with Crippen molar-refractivity contribution in [3.63, 3.8) is 0 Å². The van der Waals surface area contributed by atoms with Crippen molar-refractivity contribution in [1.82, 2.24) is 15.5 Å². The van der Waals surface area contributed by atoms with E-state index in [2.05, 4.69) is 20.8 Å². The number of nitrogens with one attached hydrogen (secondary N) is 2. The van der Waals surface area contributed by atoms with Crippen LogP contribution in [0, 0.1) is 5.82 Å². The van der Waals surface area contributed by atoms with Gasteiger partial charge in [0.2, 0.25) is 11.0 Å². The summed E-state index contributed by atoms with van der Waals surface area (Å²) in [5, 5.41) is 14.6. The lowest BCUT2D eigenvalue weighted by atomic mass is 10.1. The summed E-state index contributed by atoms with van der Waals surface area (Å²) in [6.45, 7) is 1.65. The summed E-state index contributed by atoms with van der Waals surface area (Å²) < 4.78 is 24.7. The van der Waals surface area contributed by atoms with Gasteiger partial charge in [-0.1, -0.05) is 29.2 Å². The van der Waals surface area contributed by atoms with Crippen LogP contribution >= 0.6 is 23.1 Å². The molecule has 0 fully saturated rings. The molecule has 0 radical (unpaired) electrons. The molecule has 0 aliphatic carbocycles. The molecule has 2 heterocycles. The maximum Gasteiger partial charge on any atom is 0.230 e. The second kappa shape index (κ2) is 9.77. The van der Waals surface area contributed by atoms with Crippen molar-refractivity contribution in [2.45, 2.75) is 10.8 Å². The first kappa shape index (κ1) is 20.4. The molecule has 1 aliphatic rings. The van der Waals surface area contributed by atoms with Gasteiger partial charge in [-0.05, 0) is 48.4 Å². The van der Waals surface area contributed by atoms with Gasteiger partial charge in [-0.25, -0.2) is 4.39 Å². The third-order valence-electron chi connectivity index (χ3n) is 4.17. The van der Waals surface area contributed by atoms with Crippen LogP contribution < -0.4 is 20.1 Å². The Morgan fingerprint density at radius 1 is 1.10 bits per heavy atom. The first-order valence-electron chi connectivity index (χ1n) is 9.30. The van der Waals surface area contributed by atoms with Gasteiger partial charge in [-0.2, -0.15) is 0 Å². The highest BCUT2D eigenvalue weighted by molar-refractivity contribution is 8.01. The van der Waals surface area contributed by atoms with Crippen molar-refractivity contribution < 1.29 is 18.7 Å². The number of anilines is 2. The third kappa shape index (κ3) is 5.61. The maximum atomic E-state index is 13.0. The van der Waals surface area contributed by atoms with Crippen LogP contribution in [-0.2, 0) is 11.2 Å². The van der Waals surface area contributed by atoms with Gasteiger partial charge < -0.3 is 20.1 Å². The van der Waals surface area contributed by atoms with E-state index in [9.17, 15) is 9.18 Å². The van der Waals surface area contributed by atoms with Crippen LogP contribution in [0.5, 0.6) is 11.5 Å². The number of carbonyl (C=O) groups excluding carboxylic acids is 1. The highest BCUT2D eigenvalue weighted by Gasteiger charge is 2.12. The minimum Gasteiger partial charge on any atom is -0.486 e. The second-order valence-corrected chi connectivity index (χ2v) is 8.57. The Labute approximate surface area is 181 Å². The van der Waals surface area contributed by atoms with Crippen LogP contribution in [0.3, 0.4) is 0 Å². The molecule has 1 aromatic heterocycles. The monoisotopic (exact) mass is 446 g/mol. The topological polar surface area (TPSA) is 85.4 Å². The van der Waals surface area contributed by atoms with Gasteiger partial charge in [0.05, 0.1) is 5.75 Å². The largest absolute Gasteiger partial charge is 0.486 e. The van der Waals surface area contributed by atoms with E-state index in [0.717, 1.165) is 22.7 Å². The molecule has 0 saturated carbocycles. The molecule has 2 N–H and O–H groups in total. The van der Waals surface area contributed by atoms with E-state index in [-0.39, 0.29) is 17.5 Å². The zero-order valence-corrected chi connectivity index (χ0v) is 17.5. The molecule has 3 aromatic rings. The highest BCUT2D eigenvalue weighted by atomic mass is 32.2. The van der Waals surface area contributed by atoms with Gasteiger partial charge in [0, 0.05) is 12.2 Å². The minimum atomic E-state index is -0.297. The Morgan fingerprint density at radius 3 is 2.73 bits per heavy atom. The molecule has 0 spiro atoms. The summed E-state index contributed by atoms with van der Waals surface area (Å²) in [6.07, 6.45) is 0.706.